The molecular weight excluding hydrogens is 190 g/mol. The Morgan fingerprint density at radius 1 is 1.53 bits per heavy atom. The molecule has 1 aromatic heterocycles. The summed E-state index contributed by atoms with van der Waals surface area (Å²) in [5, 5.41) is 3.05. The molecule has 4 nitrogen and oxygen atoms in total. The van der Waals surface area contributed by atoms with Crippen LogP contribution in [0.5, 0.6) is 0 Å². The Hall–Kier alpha value is -1.42. The lowest BCUT2D eigenvalue weighted by Gasteiger charge is -2.27. The second kappa shape index (κ2) is 4.40. The number of nitrogens with one attached hydrogen (secondary N) is 1. The zero-order valence-electron chi connectivity index (χ0n) is 8.86. The number of hydrogen-bond donors (Lipinski definition) is 1. The summed E-state index contributed by atoms with van der Waals surface area (Å²) in [7, 11) is 0. The SMILES string of the molecule is Cc1ccc(CN2CCNCC2=O)cn1. The fourth-order valence-electron chi connectivity index (χ4n) is 1.63. The first-order valence-electron chi connectivity index (χ1n) is 5.16. The van der Waals surface area contributed by atoms with E-state index < -0.39 is 0 Å². The molecule has 0 spiro atoms. The van der Waals surface area contributed by atoms with Gasteiger partial charge in [-0.2, -0.15) is 0 Å². The molecule has 1 aromatic rings. The minimum Gasteiger partial charge on any atom is -0.336 e. The van der Waals surface area contributed by atoms with Crippen LogP contribution in [0.2, 0.25) is 0 Å². The molecule has 1 amide bonds. The number of carbonyl (C=O) groups excluding carboxylic acids is 1. The van der Waals surface area contributed by atoms with E-state index in [9.17, 15) is 4.79 Å². The summed E-state index contributed by atoms with van der Waals surface area (Å²) < 4.78 is 0. The Morgan fingerprint density at radius 3 is 3.07 bits per heavy atom. The number of amides is 1. The van der Waals surface area contributed by atoms with Crippen molar-refractivity contribution >= 4 is 5.91 Å². The highest BCUT2D eigenvalue weighted by Crippen LogP contribution is 2.05. The van der Waals surface area contributed by atoms with E-state index in [2.05, 4.69) is 10.3 Å². The zero-order chi connectivity index (χ0) is 10.7. The van der Waals surface area contributed by atoms with Gasteiger partial charge in [0.15, 0.2) is 0 Å². The molecule has 1 aliphatic rings. The van der Waals surface area contributed by atoms with Crippen LogP contribution in [0.3, 0.4) is 0 Å². The minimum absolute atomic E-state index is 0.168. The highest BCUT2D eigenvalue weighted by molar-refractivity contribution is 5.78. The average molecular weight is 205 g/mol. The Balaban J connectivity index is 2.01. The molecule has 15 heavy (non-hydrogen) atoms. The number of piperazine rings is 1. The van der Waals surface area contributed by atoms with Gasteiger partial charge in [0, 0.05) is 31.5 Å². The molecule has 0 atom stereocenters. The van der Waals surface area contributed by atoms with Crippen LogP contribution < -0.4 is 5.32 Å². The molecule has 80 valence electrons. The summed E-state index contributed by atoms with van der Waals surface area (Å²) in [5.41, 5.74) is 2.10. The normalized spacial score (nSPS) is 16.9. The number of hydrogen-bond acceptors (Lipinski definition) is 3. The quantitative estimate of drug-likeness (QED) is 0.756. The van der Waals surface area contributed by atoms with Crippen molar-refractivity contribution in [2.75, 3.05) is 19.6 Å². The van der Waals surface area contributed by atoms with Crippen LogP contribution in [-0.4, -0.2) is 35.4 Å². The second-order valence-corrected chi connectivity index (χ2v) is 3.80. The monoisotopic (exact) mass is 205 g/mol. The predicted molar refractivity (Wildman–Crippen MR) is 57.3 cm³/mol. The fourth-order valence-corrected chi connectivity index (χ4v) is 1.63. The van der Waals surface area contributed by atoms with Gasteiger partial charge in [-0.1, -0.05) is 6.07 Å². The van der Waals surface area contributed by atoms with Crippen molar-refractivity contribution in [3.63, 3.8) is 0 Å². The van der Waals surface area contributed by atoms with E-state index in [1.165, 1.54) is 0 Å². The molecule has 0 bridgehead atoms. The molecule has 0 aromatic carbocycles. The van der Waals surface area contributed by atoms with E-state index >= 15 is 0 Å². The van der Waals surface area contributed by atoms with Crippen LogP contribution in [0.25, 0.3) is 0 Å². The molecule has 0 saturated carbocycles. The molecule has 0 unspecified atom stereocenters. The molecule has 0 radical (unpaired) electrons. The van der Waals surface area contributed by atoms with Crippen LogP contribution >= 0.6 is 0 Å². The molecule has 1 aliphatic heterocycles. The van der Waals surface area contributed by atoms with Crippen molar-refractivity contribution < 1.29 is 4.79 Å². The van der Waals surface area contributed by atoms with Gasteiger partial charge in [-0.3, -0.25) is 9.78 Å². The first kappa shape index (κ1) is 10.1. The summed E-state index contributed by atoms with van der Waals surface area (Å²) >= 11 is 0. The third kappa shape index (κ3) is 2.53. The standard InChI is InChI=1S/C11H15N3O/c1-9-2-3-10(6-13-9)8-14-5-4-12-7-11(14)15/h2-3,6,12H,4-5,7-8H2,1H3. The Kier molecular flexibility index (Phi) is 2.97. The van der Waals surface area contributed by atoms with Crippen molar-refractivity contribution in [3.05, 3.63) is 29.6 Å². The lowest BCUT2D eigenvalue weighted by Crippen LogP contribution is -2.47. The van der Waals surface area contributed by atoms with Gasteiger partial charge >= 0.3 is 0 Å². The average Bonchev–Trinajstić information content (AvgIpc) is 2.25. The van der Waals surface area contributed by atoms with Gasteiger partial charge in [0.2, 0.25) is 5.91 Å². The van der Waals surface area contributed by atoms with Crippen LogP contribution in [0.15, 0.2) is 18.3 Å². The Morgan fingerprint density at radius 2 is 2.40 bits per heavy atom. The third-order valence-electron chi connectivity index (χ3n) is 2.53. The largest absolute Gasteiger partial charge is 0.336 e. The van der Waals surface area contributed by atoms with E-state index in [-0.39, 0.29) is 5.91 Å². The van der Waals surface area contributed by atoms with E-state index in [0.717, 1.165) is 24.3 Å². The fraction of sp³-hybridized carbons (Fsp3) is 0.455. The number of pyridine rings is 1. The summed E-state index contributed by atoms with van der Waals surface area (Å²) in [4.78, 5) is 17.6. The zero-order valence-corrected chi connectivity index (χ0v) is 8.86. The van der Waals surface area contributed by atoms with Crippen LogP contribution in [0, 0.1) is 6.92 Å². The van der Waals surface area contributed by atoms with Gasteiger partial charge in [0.05, 0.1) is 6.54 Å². The second-order valence-electron chi connectivity index (χ2n) is 3.80. The smallest absolute Gasteiger partial charge is 0.236 e. The molecule has 1 saturated heterocycles. The maximum Gasteiger partial charge on any atom is 0.236 e. The molecule has 2 rings (SSSR count). The molecule has 4 heteroatoms. The predicted octanol–water partition coefficient (Wildman–Crippen LogP) is 0.322. The van der Waals surface area contributed by atoms with E-state index in [4.69, 9.17) is 0 Å². The molecule has 1 N–H and O–H groups in total. The van der Waals surface area contributed by atoms with Crippen LogP contribution in [0.1, 0.15) is 11.3 Å². The minimum atomic E-state index is 0.168. The molecule has 1 fully saturated rings. The number of aryl methyl sites for hydroxylation is 1. The molecule has 2 heterocycles. The van der Waals surface area contributed by atoms with Crippen molar-refractivity contribution in [1.29, 1.82) is 0 Å². The van der Waals surface area contributed by atoms with E-state index in [1.807, 2.05) is 30.2 Å². The van der Waals surface area contributed by atoms with Gasteiger partial charge in [0.25, 0.3) is 0 Å². The Bertz CT molecular complexity index is 347. The summed E-state index contributed by atoms with van der Waals surface area (Å²) in [6.07, 6.45) is 1.84. The maximum atomic E-state index is 11.5. The number of aromatic nitrogens is 1. The number of rotatable bonds is 2. The van der Waals surface area contributed by atoms with Gasteiger partial charge in [-0.25, -0.2) is 0 Å². The van der Waals surface area contributed by atoms with E-state index in [1.54, 1.807) is 0 Å². The third-order valence-corrected chi connectivity index (χ3v) is 2.53. The Labute approximate surface area is 89.3 Å². The number of carbonyl (C=O) groups is 1. The lowest BCUT2D eigenvalue weighted by molar-refractivity contribution is -0.132. The summed E-state index contributed by atoms with van der Waals surface area (Å²) in [6.45, 7) is 4.75. The highest BCUT2D eigenvalue weighted by Gasteiger charge is 2.17. The van der Waals surface area contributed by atoms with Gasteiger partial charge in [-0.05, 0) is 18.6 Å². The lowest BCUT2D eigenvalue weighted by atomic mass is 10.2. The highest BCUT2D eigenvalue weighted by atomic mass is 16.2. The van der Waals surface area contributed by atoms with Gasteiger partial charge in [0.1, 0.15) is 0 Å². The molecule has 0 aliphatic carbocycles. The van der Waals surface area contributed by atoms with E-state index in [0.29, 0.717) is 13.1 Å². The topological polar surface area (TPSA) is 45.2 Å². The van der Waals surface area contributed by atoms with Crippen molar-refractivity contribution in [1.82, 2.24) is 15.2 Å². The summed E-state index contributed by atoms with van der Waals surface area (Å²) in [5.74, 6) is 0.168. The van der Waals surface area contributed by atoms with Crippen molar-refractivity contribution in [2.24, 2.45) is 0 Å². The van der Waals surface area contributed by atoms with Crippen LogP contribution in [-0.2, 0) is 11.3 Å². The van der Waals surface area contributed by atoms with Gasteiger partial charge in [-0.15, -0.1) is 0 Å². The number of nitrogens with zero attached hydrogens (tertiary/aromatic N) is 2. The first-order valence-corrected chi connectivity index (χ1v) is 5.16. The maximum absolute atomic E-state index is 11.5. The summed E-state index contributed by atoms with van der Waals surface area (Å²) in [6, 6.07) is 4.00. The van der Waals surface area contributed by atoms with Crippen LogP contribution in [0.4, 0.5) is 0 Å². The van der Waals surface area contributed by atoms with Crippen molar-refractivity contribution in [3.8, 4) is 0 Å². The van der Waals surface area contributed by atoms with Crippen molar-refractivity contribution in [2.45, 2.75) is 13.5 Å². The first-order chi connectivity index (χ1) is 7.25. The molecular formula is C11H15N3O. The van der Waals surface area contributed by atoms with Gasteiger partial charge < -0.3 is 10.2 Å².